The highest BCUT2D eigenvalue weighted by Crippen LogP contribution is 2.51. The summed E-state index contributed by atoms with van der Waals surface area (Å²) in [7, 11) is 4.71. The van der Waals surface area contributed by atoms with Crippen LogP contribution in [0.1, 0.15) is 23.6 Å². The summed E-state index contributed by atoms with van der Waals surface area (Å²) in [6.07, 6.45) is 1.29. The summed E-state index contributed by atoms with van der Waals surface area (Å²) in [5, 5.41) is 13.8. The zero-order chi connectivity index (χ0) is 18.0. The maximum absolute atomic E-state index is 9.91. The molecule has 1 aliphatic rings. The number of phenols is 1. The van der Waals surface area contributed by atoms with Crippen molar-refractivity contribution in [2.75, 3.05) is 21.3 Å². The average Bonchev–Trinajstić information content (AvgIpc) is 2.77. The van der Waals surface area contributed by atoms with Gasteiger partial charge < -0.3 is 19.3 Å². The Kier molecular flexibility index (Phi) is 4.59. The van der Waals surface area contributed by atoms with E-state index in [0.717, 1.165) is 22.3 Å². The van der Waals surface area contributed by atoms with Crippen LogP contribution >= 0.6 is 0 Å². The predicted molar refractivity (Wildman–Crippen MR) is 93.4 cm³/mol. The number of hydrogen-bond acceptors (Lipinski definition) is 5. The van der Waals surface area contributed by atoms with Crippen LogP contribution in [0.3, 0.4) is 0 Å². The minimum Gasteiger partial charge on any atom is -0.508 e. The van der Waals surface area contributed by atoms with E-state index in [1.54, 1.807) is 33.5 Å². The van der Waals surface area contributed by atoms with Crippen molar-refractivity contribution in [1.82, 2.24) is 0 Å². The summed E-state index contributed by atoms with van der Waals surface area (Å²) >= 11 is 0. The number of nitrogens with zero attached hydrogens (tertiary/aromatic N) is 3. The van der Waals surface area contributed by atoms with E-state index in [0.29, 0.717) is 30.1 Å². The molecule has 1 atom stereocenters. The highest BCUT2D eigenvalue weighted by Gasteiger charge is 2.28. The van der Waals surface area contributed by atoms with Crippen molar-refractivity contribution in [2.45, 2.75) is 18.9 Å². The molecular weight excluding hydrogens is 322 g/mol. The zero-order valence-electron chi connectivity index (χ0n) is 14.3. The van der Waals surface area contributed by atoms with Gasteiger partial charge in [-0.25, -0.2) is 0 Å². The molecule has 0 aliphatic heterocycles. The third kappa shape index (κ3) is 2.79. The van der Waals surface area contributed by atoms with Gasteiger partial charge in [0, 0.05) is 10.5 Å². The Bertz CT molecular complexity index is 860. The molecule has 0 saturated heterocycles. The highest BCUT2D eigenvalue weighted by atomic mass is 16.5. The quantitative estimate of drug-likeness (QED) is 0.507. The Hall–Kier alpha value is -3.05. The molecule has 0 fully saturated rings. The summed E-state index contributed by atoms with van der Waals surface area (Å²) in [6.45, 7) is 0. The fourth-order valence-corrected chi connectivity index (χ4v) is 3.38. The van der Waals surface area contributed by atoms with Gasteiger partial charge in [0.25, 0.3) is 0 Å². The zero-order valence-corrected chi connectivity index (χ0v) is 14.3. The minimum absolute atomic E-state index is 0.125. The van der Waals surface area contributed by atoms with Crippen LogP contribution in [0.2, 0.25) is 0 Å². The van der Waals surface area contributed by atoms with Crippen molar-refractivity contribution in [3.05, 3.63) is 45.8 Å². The molecule has 1 aliphatic carbocycles. The molecule has 25 heavy (non-hydrogen) atoms. The van der Waals surface area contributed by atoms with Gasteiger partial charge in [-0.3, -0.25) is 0 Å². The van der Waals surface area contributed by atoms with Crippen LogP contribution in [0.25, 0.3) is 21.6 Å². The normalized spacial score (nSPS) is 15.2. The first-order valence-electron chi connectivity index (χ1n) is 7.83. The molecule has 1 N–H and O–H groups in total. The first-order valence-corrected chi connectivity index (χ1v) is 7.83. The third-order valence-corrected chi connectivity index (χ3v) is 4.45. The van der Waals surface area contributed by atoms with Gasteiger partial charge in [-0.1, -0.05) is 11.2 Å². The summed E-state index contributed by atoms with van der Waals surface area (Å²) < 4.78 is 16.6. The van der Waals surface area contributed by atoms with Crippen LogP contribution in [0, 0.1) is 0 Å². The lowest BCUT2D eigenvalue weighted by Gasteiger charge is -2.20. The molecule has 0 bridgehead atoms. The molecule has 7 heteroatoms. The van der Waals surface area contributed by atoms with E-state index in [-0.39, 0.29) is 11.8 Å². The molecule has 3 rings (SSSR count). The van der Waals surface area contributed by atoms with E-state index >= 15 is 0 Å². The van der Waals surface area contributed by atoms with Crippen LogP contribution < -0.4 is 14.2 Å². The van der Waals surface area contributed by atoms with Gasteiger partial charge >= 0.3 is 0 Å². The fourth-order valence-electron chi connectivity index (χ4n) is 3.38. The Morgan fingerprint density at radius 2 is 1.88 bits per heavy atom. The van der Waals surface area contributed by atoms with Crippen molar-refractivity contribution in [2.24, 2.45) is 5.11 Å². The van der Waals surface area contributed by atoms with Gasteiger partial charge in [-0.15, -0.1) is 0 Å². The van der Waals surface area contributed by atoms with E-state index in [9.17, 15) is 5.11 Å². The van der Waals surface area contributed by atoms with Crippen LogP contribution in [-0.4, -0.2) is 26.4 Å². The molecule has 2 aromatic carbocycles. The maximum atomic E-state index is 9.91. The van der Waals surface area contributed by atoms with E-state index in [1.807, 2.05) is 12.1 Å². The van der Waals surface area contributed by atoms with Crippen molar-refractivity contribution in [1.29, 1.82) is 0 Å². The molecule has 7 nitrogen and oxygen atoms in total. The lowest BCUT2D eigenvalue weighted by Crippen LogP contribution is -2.00. The highest BCUT2D eigenvalue weighted by molar-refractivity contribution is 5.83. The molecule has 0 saturated carbocycles. The van der Waals surface area contributed by atoms with Gasteiger partial charge in [0.05, 0.1) is 27.4 Å². The van der Waals surface area contributed by atoms with E-state index < -0.39 is 0 Å². The number of aromatic hydroxyl groups is 1. The number of benzene rings is 2. The Morgan fingerprint density at radius 3 is 2.52 bits per heavy atom. The average molecular weight is 341 g/mol. The second-order valence-electron chi connectivity index (χ2n) is 5.71. The van der Waals surface area contributed by atoms with Crippen LogP contribution in [-0.2, 0) is 6.42 Å². The molecule has 0 radical (unpaired) electrons. The van der Waals surface area contributed by atoms with Crippen LogP contribution in [0.15, 0.2) is 29.4 Å². The minimum atomic E-state index is -0.374. The van der Waals surface area contributed by atoms with Gasteiger partial charge in [-0.05, 0) is 53.3 Å². The predicted octanol–water partition coefficient (Wildman–Crippen LogP) is 4.38. The first kappa shape index (κ1) is 16.8. The molecule has 0 spiro atoms. The van der Waals surface area contributed by atoms with Crippen molar-refractivity contribution < 1.29 is 19.3 Å². The van der Waals surface area contributed by atoms with E-state index in [2.05, 4.69) is 10.0 Å². The topological polar surface area (TPSA) is 96.7 Å². The van der Waals surface area contributed by atoms with Crippen molar-refractivity contribution >= 4 is 0 Å². The fraction of sp³-hybridized carbons (Fsp3) is 0.333. The largest absolute Gasteiger partial charge is 0.508 e. The molecule has 0 amide bonds. The number of phenolic OH excluding ortho intramolecular Hbond substituents is 1. The standard InChI is InChI=1S/C18H19N3O4/c1-23-15-8-10-4-7-14(20-21-19)13-9-11(22)5-6-12(13)16(10)18(25-3)17(15)24-2/h5-6,8-9,14,22H,4,7H2,1-3H3/t14-/m0/s1. The molecule has 130 valence electrons. The smallest absolute Gasteiger partial charge is 0.203 e. The van der Waals surface area contributed by atoms with Gasteiger partial charge in [0.15, 0.2) is 11.5 Å². The van der Waals surface area contributed by atoms with Crippen LogP contribution in [0.4, 0.5) is 0 Å². The van der Waals surface area contributed by atoms with Crippen LogP contribution in [0.5, 0.6) is 23.0 Å². The molecule has 0 aromatic heterocycles. The van der Waals surface area contributed by atoms with Gasteiger partial charge in [0.2, 0.25) is 5.75 Å². The molecule has 2 aromatic rings. The Balaban J connectivity index is 2.37. The monoisotopic (exact) mass is 341 g/mol. The lowest BCUT2D eigenvalue weighted by molar-refractivity contribution is 0.324. The maximum Gasteiger partial charge on any atom is 0.203 e. The van der Waals surface area contributed by atoms with Gasteiger partial charge in [0.1, 0.15) is 5.75 Å². The van der Waals surface area contributed by atoms with Gasteiger partial charge in [-0.2, -0.15) is 0 Å². The third-order valence-electron chi connectivity index (χ3n) is 4.45. The molecular formula is C18H19N3O4. The van der Waals surface area contributed by atoms with Crippen molar-refractivity contribution in [3.63, 3.8) is 0 Å². The Labute approximate surface area is 145 Å². The number of ether oxygens (including phenoxy) is 3. The number of aryl methyl sites for hydroxylation is 1. The summed E-state index contributed by atoms with van der Waals surface area (Å²) in [5.41, 5.74) is 12.4. The second-order valence-corrected chi connectivity index (χ2v) is 5.71. The number of fused-ring (bicyclic) bond motifs is 3. The Morgan fingerprint density at radius 1 is 1.12 bits per heavy atom. The molecule has 0 heterocycles. The van der Waals surface area contributed by atoms with Crippen molar-refractivity contribution in [3.8, 4) is 34.1 Å². The second kappa shape index (κ2) is 6.83. The van der Waals surface area contributed by atoms with E-state index in [1.165, 1.54) is 0 Å². The SMILES string of the molecule is COc1cc2c(c(OC)c1OC)-c1ccc(O)cc1[C@@H](N=[N+]=[N-])CC2. The lowest BCUT2D eigenvalue weighted by atomic mass is 9.93. The summed E-state index contributed by atoms with van der Waals surface area (Å²) in [4.78, 5) is 2.97. The number of rotatable bonds is 4. The number of azide groups is 1. The first-order chi connectivity index (χ1) is 12.1. The number of methoxy groups -OCH3 is 3. The van der Waals surface area contributed by atoms with E-state index in [4.69, 9.17) is 19.7 Å². The summed E-state index contributed by atoms with van der Waals surface area (Å²) in [6, 6.07) is 6.60. The number of hydrogen-bond donors (Lipinski definition) is 1. The summed E-state index contributed by atoms with van der Waals surface area (Å²) in [5.74, 6) is 1.77. The molecule has 0 unspecified atom stereocenters.